The molecule has 0 spiro atoms. The van der Waals surface area contributed by atoms with Crippen LogP contribution in [0.1, 0.15) is 13.8 Å². The summed E-state index contributed by atoms with van der Waals surface area (Å²) in [5.74, 6) is 0.215. The molecule has 0 saturated carbocycles. The van der Waals surface area contributed by atoms with Gasteiger partial charge in [0, 0.05) is 13.1 Å². The number of morpholine rings is 1. The zero-order valence-corrected chi connectivity index (χ0v) is 9.63. The number of hydrogen-bond acceptors (Lipinski definition) is 2. The summed E-state index contributed by atoms with van der Waals surface area (Å²) in [5.41, 5.74) is -0.167. The van der Waals surface area contributed by atoms with Crippen molar-refractivity contribution in [1.29, 1.82) is 0 Å². The summed E-state index contributed by atoms with van der Waals surface area (Å²) in [7, 11) is 0. The van der Waals surface area contributed by atoms with E-state index in [1.165, 1.54) is 0 Å². The van der Waals surface area contributed by atoms with Gasteiger partial charge in [0.1, 0.15) is 0 Å². The Morgan fingerprint density at radius 3 is 2.83 bits per heavy atom. The topological polar surface area (TPSA) is 29.5 Å². The number of carbonyl (C=O) groups is 1. The van der Waals surface area contributed by atoms with Crippen LogP contribution in [0.3, 0.4) is 0 Å². The van der Waals surface area contributed by atoms with Crippen LogP contribution >= 0.6 is 22.6 Å². The fraction of sp³-hybridized carbons (Fsp3) is 0.875. The van der Waals surface area contributed by atoms with Gasteiger partial charge in [-0.25, -0.2) is 0 Å². The van der Waals surface area contributed by atoms with Crippen molar-refractivity contribution in [3.8, 4) is 0 Å². The maximum atomic E-state index is 11.3. The highest BCUT2D eigenvalue weighted by Crippen LogP contribution is 2.16. The highest BCUT2D eigenvalue weighted by atomic mass is 127. The standard InChI is InChI=1S/C8H14INO2/c1-8(2)6-10(3-4-12-8)7(11)5-9/h3-6H2,1-2H3. The largest absolute Gasteiger partial charge is 0.372 e. The minimum Gasteiger partial charge on any atom is -0.372 e. The monoisotopic (exact) mass is 283 g/mol. The first-order chi connectivity index (χ1) is 5.55. The molecule has 0 atom stereocenters. The van der Waals surface area contributed by atoms with Crippen molar-refractivity contribution in [3.63, 3.8) is 0 Å². The van der Waals surface area contributed by atoms with Crippen molar-refractivity contribution in [1.82, 2.24) is 4.90 Å². The van der Waals surface area contributed by atoms with E-state index < -0.39 is 0 Å². The van der Waals surface area contributed by atoms with Crippen LogP contribution in [0.2, 0.25) is 0 Å². The van der Waals surface area contributed by atoms with Crippen LogP contribution in [0.25, 0.3) is 0 Å². The summed E-state index contributed by atoms with van der Waals surface area (Å²) in [6, 6.07) is 0. The molecular weight excluding hydrogens is 269 g/mol. The maximum absolute atomic E-state index is 11.3. The molecule has 0 N–H and O–H groups in total. The number of ether oxygens (including phenoxy) is 1. The lowest BCUT2D eigenvalue weighted by molar-refractivity contribution is -0.142. The molecule has 1 fully saturated rings. The molecule has 1 saturated heterocycles. The summed E-state index contributed by atoms with van der Waals surface area (Å²) in [6.07, 6.45) is 0. The third kappa shape index (κ3) is 2.58. The summed E-state index contributed by atoms with van der Waals surface area (Å²) in [4.78, 5) is 13.2. The molecule has 0 aromatic carbocycles. The molecule has 1 aliphatic rings. The molecule has 0 aromatic rings. The zero-order chi connectivity index (χ0) is 9.19. The molecule has 0 bridgehead atoms. The Morgan fingerprint density at radius 2 is 2.33 bits per heavy atom. The Labute approximate surface area is 86.6 Å². The predicted octanol–water partition coefficient (Wildman–Crippen LogP) is 1.06. The van der Waals surface area contributed by atoms with Crippen LogP contribution in [0.5, 0.6) is 0 Å². The normalized spacial score (nSPS) is 22.4. The van der Waals surface area contributed by atoms with E-state index in [0.29, 0.717) is 11.0 Å². The first-order valence-electron chi connectivity index (χ1n) is 4.03. The average molecular weight is 283 g/mol. The van der Waals surface area contributed by atoms with Crippen molar-refractivity contribution >= 4 is 28.5 Å². The van der Waals surface area contributed by atoms with Crippen LogP contribution in [-0.2, 0) is 9.53 Å². The van der Waals surface area contributed by atoms with Gasteiger partial charge in [-0.15, -0.1) is 0 Å². The van der Waals surface area contributed by atoms with E-state index in [0.717, 1.165) is 13.1 Å². The molecule has 0 radical (unpaired) electrons. The summed E-state index contributed by atoms with van der Waals surface area (Å²) < 4.78 is 6.06. The van der Waals surface area contributed by atoms with Gasteiger partial charge < -0.3 is 9.64 Å². The first-order valence-corrected chi connectivity index (χ1v) is 5.55. The first kappa shape index (κ1) is 10.2. The van der Waals surface area contributed by atoms with E-state index >= 15 is 0 Å². The summed E-state index contributed by atoms with van der Waals surface area (Å²) in [5, 5.41) is 0. The maximum Gasteiger partial charge on any atom is 0.232 e. The third-order valence-electron chi connectivity index (χ3n) is 1.89. The van der Waals surface area contributed by atoms with Gasteiger partial charge in [0.25, 0.3) is 0 Å². The van der Waals surface area contributed by atoms with Crippen molar-refractivity contribution in [2.45, 2.75) is 19.4 Å². The molecule has 3 nitrogen and oxygen atoms in total. The SMILES string of the molecule is CC1(C)CN(C(=O)CI)CCO1. The van der Waals surface area contributed by atoms with E-state index in [1.807, 2.05) is 18.7 Å². The Kier molecular flexibility index (Phi) is 3.34. The second-order valence-corrected chi connectivity index (χ2v) is 4.32. The van der Waals surface area contributed by atoms with E-state index in [4.69, 9.17) is 4.74 Å². The van der Waals surface area contributed by atoms with Crippen molar-refractivity contribution in [2.75, 3.05) is 24.1 Å². The van der Waals surface area contributed by atoms with Crippen molar-refractivity contribution in [2.24, 2.45) is 0 Å². The van der Waals surface area contributed by atoms with Gasteiger partial charge in [0.2, 0.25) is 5.91 Å². The van der Waals surface area contributed by atoms with Gasteiger partial charge in [-0.3, -0.25) is 4.79 Å². The van der Waals surface area contributed by atoms with Gasteiger partial charge >= 0.3 is 0 Å². The number of nitrogens with zero attached hydrogens (tertiary/aromatic N) is 1. The second kappa shape index (κ2) is 3.91. The minimum absolute atomic E-state index is 0.167. The predicted molar refractivity (Wildman–Crippen MR) is 55.5 cm³/mol. The fourth-order valence-electron chi connectivity index (χ4n) is 1.31. The highest BCUT2D eigenvalue weighted by molar-refractivity contribution is 14.1. The average Bonchev–Trinajstić information content (AvgIpc) is 2.01. The Bertz CT molecular complexity index is 182. The number of halogens is 1. The van der Waals surface area contributed by atoms with Gasteiger partial charge in [-0.1, -0.05) is 22.6 Å². The quantitative estimate of drug-likeness (QED) is 0.532. The van der Waals surface area contributed by atoms with Gasteiger partial charge in [-0.2, -0.15) is 0 Å². The Morgan fingerprint density at radius 1 is 1.67 bits per heavy atom. The highest BCUT2D eigenvalue weighted by Gasteiger charge is 2.29. The van der Waals surface area contributed by atoms with Gasteiger partial charge in [0.15, 0.2) is 0 Å². The number of carbonyl (C=O) groups excluding carboxylic acids is 1. The van der Waals surface area contributed by atoms with Crippen LogP contribution < -0.4 is 0 Å². The molecule has 4 heteroatoms. The molecular formula is C8H14INO2. The van der Waals surface area contributed by atoms with E-state index in [2.05, 4.69) is 22.6 Å². The van der Waals surface area contributed by atoms with Gasteiger partial charge in [0.05, 0.1) is 16.6 Å². The molecule has 0 unspecified atom stereocenters. The molecule has 70 valence electrons. The second-order valence-electron chi connectivity index (χ2n) is 3.56. The third-order valence-corrected chi connectivity index (χ3v) is 2.55. The minimum atomic E-state index is -0.167. The molecule has 0 aliphatic carbocycles. The van der Waals surface area contributed by atoms with Gasteiger partial charge in [-0.05, 0) is 13.8 Å². The molecule has 0 aromatic heterocycles. The lowest BCUT2D eigenvalue weighted by Gasteiger charge is -2.37. The lowest BCUT2D eigenvalue weighted by Crippen LogP contribution is -2.50. The van der Waals surface area contributed by atoms with E-state index in [9.17, 15) is 4.79 Å². The van der Waals surface area contributed by atoms with Crippen LogP contribution in [-0.4, -0.2) is 40.5 Å². The van der Waals surface area contributed by atoms with Crippen molar-refractivity contribution in [3.05, 3.63) is 0 Å². The summed E-state index contributed by atoms with van der Waals surface area (Å²) >= 11 is 2.10. The van der Waals surface area contributed by atoms with Crippen LogP contribution in [0.4, 0.5) is 0 Å². The van der Waals surface area contributed by atoms with Crippen LogP contribution in [0, 0.1) is 0 Å². The number of hydrogen-bond donors (Lipinski definition) is 0. The van der Waals surface area contributed by atoms with Crippen LogP contribution in [0.15, 0.2) is 0 Å². The number of rotatable bonds is 1. The molecule has 1 amide bonds. The molecule has 1 heterocycles. The van der Waals surface area contributed by atoms with Crippen molar-refractivity contribution < 1.29 is 9.53 Å². The Balaban J connectivity index is 2.52. The zero-order valence-electron chi connectivity index (χ0n) is 7.47. The summed E-state index contributed by atoms with van der Waals surface area (Å²) in [6.45, 7) is 6.15. The van der Waals surface area contributed by atoms with E-state index in [1.54, 1.807) is 0 Å². The number of amides is 1. The number of alkyl halides is 1. The lowest BCUT2D eigenvalue weighted by atomic mass is 10.1. The smallest absolute Gasteiger partial charge is 0.232 e. The molecule has 12 heavy (non-hydrogen) atoms. The fourth-order valence-corrected chi connectivity index (χ4v) is 1.80. The molecule has 1 rings (SSSR count). The molecule has 1 aliphatic heterocycles. The van der Waals surface area contributed by atoms with E-state index in [-0.39, 0.29) is 11.5 Å². The Hall–Kier alpha value is 0.160.